The average Bonchev–Trinajstić information content (AvgIpc) is 2.78. The highest BCUT2D eigenvalue weighted by molar-refractivity contribution is 8.00. The van der Waals surface area contributed by atoms with Gasteiger partial charge in [0.05, 0.1) is 5.56 Å². The third-order valence-corrected chi connectivity index (χ3v) is 6.53. The Morgan fingerprint density at radius 1 is 1.30 bits per heavy atom. The van der Waals surface area contributed by atoms with Gasteiger partial charge in [0.1, 0.15) is 16.3 Å². The normalized spacial score (nSPS) is 14.9. The number of benzene rings is 1. The van der Waals surface area contributed by atoms with Crippen LogP contribution in [0.3, 0.4) is 0 Å². The minimum atomic E-state index is -0.934. The molecule has 1 aliphatic rings. The molecule has 154 valence electrons. The minimum Gasteiger partial charge on any atom is -0.480 e. The number of aromatic nitrogens is 1. The van der Waals surface area contributed by atoms with E-state index in [0.29, 0.717) is 16.2 Å². The Morgan fingerprint density at radius 3 is 2.67 bits per heavy atom. The Kier molecular flexibility index (Phi) is 7.48. The Bertz CT molecular complexity index is 1020. The lowest BCUT2D eigenvalue weighted by molar-refractivity contribution is -0.136. The molecule has 2 aromatic rings. The molecule has 0 radical (unpaired) electrons. The van der Waals surface area contributed by atoms with Crippen LogP contribution in [-0.4, -0.2) is 16.1 Å². The Balaban J connectivity index is 2.19. The van der Waals surface area contributed by atoms with Gasteiger partial charge in [-0.15, -0.1) is 0 Å². The third-order valence-electron chi connectivity index (χ3n) is 5.30. The number of nitriles is 1. The number of carboxylic acids is 1. The summed E-state index contributed by atoms with van der Waals surface area (Å²) in [5.74, 6) is -0.934. The lowest BCUT2D eigenvalue weighted by Gasteiger charge is -2.24. The van der Waals surface area contributed by atoms with Crippen molar-refractivity contribution in [2.24, 2.45) is 0 Å². The standard InChI is InChI=1S/C25H26N2O2S/c1-3-5-11-17(4-2)22-19-14-9-10-15-21(19)27-24(20(22)16-26)30-23(25(28)29)18-12-7-6-8-13-18/h3,5-8,11-13,23H,4,9-10,14-15H2,1-2H3,(H,28,29)/b5-3-,17-11+. The summed E-state index contributed by atoms with van der Waals surface area (Å²) in [4.78, 5) is 16.9. The maximum absolute atomic E-state index is 12.1. The number of aliphatic carboxylic acids is 1. The van der Waals surface area contributed by atoms with Gasteiger partial charge in [0.2, 0.25) is 0 Å². The largest absolute Gasteiger partial charge is 0.480 e. The summed E-state index contributed by atoms with van der Waals surface area (Å²) in [6.07, 6.45) is 10.7. The van der Waals surface area contributed by atoms with E-state index < -0.39 is 11.2 Å². The molecule has 0 amide bonds. The van der Waals surface area contributed by atoms with Crippen molar-refractivity contribution in [3.63, 3.8) is 0 Å². The zero-order chi connectivity index (χ0) is 21.5. The van der Waals surface area contributed by atoms with E-state index in [4.69, 9.17) is 4.98 Å². The summed E-state index contributed by atoms with van der Waals surface area (Å²) in [6, 6.07) is 11.5. The van der Waals surface area contributed by atoms with Crippen LogP contribution in [0.15, 0.2) is 53.6 Å². The van der Waals surface area contributed by atoms with Gasteiger partial charge >= 0.3 is 5.97 Å². The molecule has 0 saturated carbocycles. The van der Waals surface area contributed by atoms with Crippen molar-refractivity contribution in [2.75, 3.05) is 0 Å². The molecule has 1 heterocycles. The first-order chi connectivity index (χ1) is 14.6. The lowest BCUT2D eigenvalue weighted by Crippen LogP contribution is -2.14. The first-order valence-corrected chi connectivity index (χ1v) is 11.2. The summed E-state index contributed by atoms with van der Waals surface area (Å²) in [7, 11) is 0. The van der Waals surface area contributed by atoms with E-state index in [9.17, 15) is 15.2 Å². The van der Waals surface area contributed by atoms with Gasteiger partial charge in [-0.3, -0.25) is 4.79 Å². The van der Waals surface area contributed by atoms with Crippen molar-refractivity contribution in [3.05, 3.63) is 76.5 Å². The summed E-state index contributed by atoms with van der Waals surface area (Å²) >= 11 is 1.16. The first kappa shape index (κ1) is 21.9. The Labute approximate surface area is 182 Å². The van der Waals surface area contributed by atoms with E-state index in [2.05, 4.69) is 19.1 Å². The Hall–Kier alpha value is -2.84. The van der Waals surface area contributed by atoms with Crippen LogP contribution in [0.1, 0.15) is 66.3 Å². The predicted octanol–water partition coefficient (Wildman–Crippen LogP) is 6.12. The maximum atomic E-state index is 12.1. The van der Waals surface area contributed by atoms with Crippen LogP contribution in [-0.2, 0) is 17.6 Å². The molecule has 1 unspecified atom stereocenters. The van der Waals surface area contributed by atoms with E-state index >= 15 is 0 Å². The van der Waals surface area contributed by atoms with Crippen molar-refractivity contribution in [3.8, 4) is 6.07 Å². The van der Waals surface area contributed by atoms with Gasteiger partial charge in [-0.2, -0.15) is 5.26 Å². The molecule has 3 rings (SSSR count). The second-order valence-corrected chi connectivity index (χ2v) is 8.32. The molecule has 1 aromatic heterocycles. The van der Waals surface area contributed by atoms with E-state index in [1.54, 1.807) is 12.1 Å². The number of carboxylic acid groups (broad SMARTS) is 1. The predicted molar refractivity (Wildman–Crippen MR) is 121 cm³/mol. The Morgan fingerprint density at radius 2 is 2.03 bits per heavy atom. The molecule has 0 bridgehead atoms. The van der Waals surface area contributed by atoms with Crippen molar-refractivity contribution < 1.29 is 9.90 Å². The van der Waals surface area contributed by atoms with Crippen molar-refractivity contribution in [2.45, 2.75) is 56.2 Å². The van der Waals surface area contributed by atoms with E-state index in [1.807, 2.05) is 37.3 Å². The van der Waals surface area contributed by atoms with Gasteiger partial charge in [-0.25, -0.2) is 4.98 Å². The van der Waals surface area contributed by atoms with Crippen molar-refractivity contribution in [1.82, 2.24) is 4.98 Å². The van der Waals surface area contributed by atoms with Crippen LogP contribution in [0, 0.1) is 11.3 Å². The summed E-state index contributed by atoms with van der Waals surface area (Å²) in [6.45, 7) is 4.05. The summed E-state index contributed by atoms with van der Waals surface area (Å²) < 4.78 is 0. The molecule has 0 saturated heterocycles. The number of rotatable bonds is 7. The highest BCUT2D eigenvalue weighted by Gasteiger charge is 2.28. The molecule has 0 spiro atoms. The topological polar surface area (TPSA) is 74.0 Å². The number of hydrogen-bond donors (Lipinski definition) is 1. The molecular weight excluding hydrogens is 392 g/mol. The fourth-order valence-corrected chi connectivity index (χ4v) is 4.90. The van der Waals surface area contributed by atoms with Crippen LogP contribution in [0.4, 0.5) is 0 Å². The van der Waals surface area contributed by atoms with Crippen molar-refractivity contribution in [1.29, 1.82) is 5.26 Å². The van der Waals surface area contributed by atoms with Crippen LogP contribution in [0.25, 0.3) is 5.57 Å². The van der Waals surface area contributed by atoms with Gasteiger partial charge in [0, 0.05) is 11.3 Å². The summed E-state index contributed by atoms with van der Waals surface area (Å²) in [5, 5.41) is 19.7. The van der Waals surface area contributed by atoms with Crippen LogP contribution in [0.2, 0.25) is 0 Å². The molecule has 0 aliphatic heterocycles. The molecule has 30 heavy (non-hydrogen) atoms. The van der Waals surface area contributed by atoms with Crippen molar-refractivity contribution >= 4 is 23.3 Å². The molecule has 1 atom stereocenters. The first-order valence-electron chi connectivity index (χ1n) is 10.3. The fraction of sp³-hybridized carbons (Fsp3) is 0.320. The van der Waals surface area contributed by atoms with Gasteiger partial charge in [0.15, 0.2) is 0 Å². The number of nitrogens with zero attached hydrogens (tertiary/aromatic N) is 2. The molecular formula is C25H26N2O2S. The maximum Gasteiger partial charge on any atom is 0.321 e. The number of fused-ring (bicyclic) bond motifs is 1. The number of allylic oxidation sites excluding steroid dienone is 4. The van der Waals surface area contributed by atoms with Crippen LogP contribution < -0.4 is 0 Å². The molecule has 1 aliphatic carbocycles. The zero-order valence-electron chi connectivity index (χ0n) is 17.4. The second kappa shape index (κ2) is 10.3. The molecule has 1 aromatic carbocycles. The van der Waals surface area contributed by atoms with Gasteiger partial charge in [0.25, 0.3) is 0 Å². The third kappa shape index (κ3) is 4.66. The lowest BCUT2D eigenvalue weighted by atomic mass is 9.86. The number of thioether (sulfide) groups is 1. The van der Waals surface area contributed by atoms with E-state index in [1.165, 1.54) is 0 Å². The average molecular weight is 419 g/mol. The van der Waals surface area contributed by atoms with Crippen LogP contribution >= 0.6 is 11.8 Å². The molecule has 1 N–H and O–H groups in total. The van der Waals surface area contributed by atoms with Crippen LogP contribution in [0.5, 0.6) is 0 Å². The number of pyridine rings is 1. The summed E-state index contributed by atoms with van der Waals surface area (Å²) in [5.41, 5.74) is 5.42. The second-order valence-electron chi connectivity index (χ2n) is 7.23. The molecule has 5 heteroatoms. The smallest absolute Gasteiger partial charge is 0.321 e. The highest BCUT2D eigenvalue weighted by atomic mass is 32.2. The number of carbonyl (C=O) groups is 1. The van der Waals surface area contributed by atoms with E-state index in [0.717, 1.165) is 66.3 Å². The van der Waals surface area contributed by atoms with Gasteiger partial charge in [-0.1, -0.05) is 67.2 Å². The SMILES string of the molecule is C/C=C\C=C(/CC)c1c(C#N)c(SC(C(=O)O)c2ccccc2)nc2c1CCCC2. The van der Waals surface area contributed by atoms with Gasteiger partial charge < -0.3 is 5.11 Å². The quantitative estimate of drug-likeness (QED) is 0.433. The fourth-order valence-electron chi connectivity index (χ4n) is 3.85. The zero-order valence-corrected chi connectivity index (χ0v) is 18.2. The molecule has 0 fully saturated rings. The number of hydrogen-bond acceptors (Lipinski definition) is 4. The molecule has 4 nitrogen and oxygen atoms in total. The van der Waals surface area contributed by atoms with E-state index in [-0.39, 0.29) is 0 Å². The monoisotopic (exact) mass is 418 g/mol. The number of aryl methyl sites for hydroxylation is 1. The van der Waals surface area contributed by atoms with Gasteiger partial charge in [-0.05, 0) is 55.7 Å². The minimum absolute atomic E-state index is 0.500. The highest BCUT2D eigenvalue weighted by Crippen LogP contribution is 2.41.